The van der Waals surface area contributed by atoms with E-state index in [1.807, 2.05) is 25.3 Å². The predicted octanol–water partition coefficient (Wildman–Crippen LogP) is 4.39. The van der Waals surface area contributed by atoms with Crippen LogP contribution in [0, 0.1) is 13.8 Å². The predicted molar refractivity (Wildman–Crippen MR) is 132 cm³/mol. The summed E-state index contributed by atoms with van der Waals surface area (Å²) in [5.41, 5.74) is 6.65. The van der Waals surface area contributed by atoms with E-state index >= 15 is 0 Å². The van der Waals surface area contributed by atoms with Crippen LogP contribution in [0.4, 0.5) is 5.69 Å². The average molecular weight is 476 g/mol. The van der Waals surface area contributed by atoms with Crippen molar-refractivity contribution in [1.29, 1.82) is 0 Å². The van der Waals surface area contributed by atoms with Crippen molar-refractivity contribution >= 4 is 41.0 Å². The molecule has 0 radical (unpaired) electrons. The molecular weight excluding hydrogens is 454 g/mol. The second-order valence-corrected chi connectivity index (χ2v) is 7.97. The minimum Gasteiger partial charge on any atom is -0.484 e. The zero-order valence-electron chi connectivity index (χ0n) is 18.6. The van der Waals surface area contributed by atoms with Gasteiger partial charge in [0.2, 0.25) is 0 Å². The number of fused-ring (bicyclic) bond motifs is 1. The molecule has 2 aromatic heterocycles. The van der Waals surface area contributed by atoms with Gasteiger partial charge in [-0.25, -0.2) is 10.4 Å². The quantitative estimate of drug-likeness (QED) is 0.306. The number of benzene rings is 2. The van der Waals surface area contributed by atoms with Gasteiger partial charge in [0.15, 0.2) is 6.61 Å². The fraction of sp³-hybridized carbons (Fsp3) is 0.120. The molecule has 0 unspecified atom stereocenters. The summed E-state index contributed by atoms with van der Waals surface area (Å²) in [5.74, 6) is -0.152. The van der Waals surface area contributed by atoms with Crippen molar-refractivity contribution in [3.05, 3.63) is 94.4 Å². The van der Waals surface area contributed by atoms with Crippen LogP contribution in [0.3, 0.4) is 0 Å². The smallest absolute Gasteiger partial charge is 0.290 e. The van der Waals surface area contributed by atoms with Crippen molar-refractivity contribution < 1.29 is 14.3 Å². The van der Waals surface area contributed by atoms with Crippen LogP contribution in [-0.4, -0.2) is 34.0 Å². The first-order chi connectivity index (χ1) is 16.4. The number of carbonyl (C=O) groups is 2. The maximum Gasteiger partial charge on any atom is 0.290 e. The van der Waals surface area contributed by atoms with E-state index in [4.69, 9.17) is 16.3 Å². The van der Waals surface area contributed by atoms with Crippen molar-refractivity contribution in [2.45, 2.75) is 13.8 Å². The molecule has 0 atom stereocenters. The molecule has 0 aliphatic rings. The summed E-state index contributed by atoms with van der Waals surface area (Å²) in [5, 5.41) is 7.19. The minimum atomic E-state index is -0.352. The summed E-state index contributed by atoms with van der Waals surface area (Å²) in [6.45, 7) is 3.60. The molecule has 2 aromatic carbocycles. The van der Waals surface area contributed by atoms with E-state index in [1.165, 1.54) is 6.21 Å². The Bertz CT molecular complexity index is 1380. The number of amides is 2. The van der Waals surface area contributed by atoms with E-state index in [9.17, 15) is 9.59 Å². The van der Waals surface area contributed by atoms with Crippen LogP contribution in [0.15, 0.2) is 72.0 Å². The monoisotopic (exact) mass is 475 g/mol. The SMILES string of the molecule is Cc1ccn2c(C(=O)N/N=C\c3ccc(OCC(=O)Nc4ccccc4Cl)cc3)c(C)nc2c1. The number of aryl methyl sites for hydroxylation is 2. The van der Waals surface area contributed by atoms with Crippen LogP contribution in [0.25, 0.3) is 5.65 Å². The molecule has 2 heterocycles. The highest BCUT2D eigenvalue weighted by molar-refractivity contribution is 6.33. The Morgan fingerprint density at radius 3 is 2.65 bits per heavy atom. The van der Waals surface area contributed by atoms with Crippen molar-refractivity contribution in [2.75, 3.05) is 11.9 Å². The number of carbonyl (C=O) groups excluding carboxylic acids is 2. The molecular formula is C25H22ClN5O3. The fourth-order valence-electron chi connectivity index (χ4n) is 3.30. The summed E-state index contributed by atoms with van der Waals surface area (Å²) in [7, 11) is 0. The minimum absolute atomic E-state index is 0.160. The lowest BCUT2D eigenvalue weighted by Crippen LogP contribution is -2.20. The van der Waals surface area contributed by atoms with Gasteiger partial charge in [0, 0.05) is 6.20 Å². The van der Waals surface area contributed by atoms with Crippen molar-refractivity contribution in [1.82, 2.24) is 14.8 Å². The van der Waals surface area contributed by atoms with Gasteiger partial charge < -0.3 is 10.1 Å². The van der Waals surface area contributed by atoms with Gasteiger partial charge in [-0.3, -0.25) is 14.0 Å². The first-order valence-electron chi connectivity index (χ1n) is 10.5. The van der Waals surface area contributed by atoms with Gasteiger partial charge in [-0.15, -0.1) is 0 Å². The number of nitrogens with zero attached hydrogens (tertiary/aromatic N) is 3. The number of para-hydroxylation sites is 1. The van der Waals surface area contributed by atoms with E-state index in [1.54, 1.807) is 59.9 Å². The number of rotatable bonds is 7. The van der Waals surface area contributed by atoms with Crippen molar-refractivity contribution in [2.24, 2.45) is 5.10 Å². The van der Waals surface area contributed by atoms with E-state index in [0.29, 0.717) is 33.5 Å². The molecule has 34 heavy (non-hydrogen) atoms. The number of hydrazone groups is 1. The summed E-state index contributed by atoms with van der Waals surface area (Å²) >= 11 is 6.03. The number of aromatic nitrogens is 2. The molecule has 0 saturated carbocycles. The number of hydrogen-bond acceptors (Lipinski definition) is 5. The maximum absolute atomic E-state index is 12.6. The van der Waals surface area contributed by atoms with E-state index in [0.717, 1.165) is 11.1 Å². The highest BCUT2D eigenvalue weighted by Crippen LogP contribution is 2.20. The molecule has 0 fully saturated rings. The third kappa shape index (κ3) is 5.41. The van der Waals surface area contributed by atoms with Gasteiger partial charge in [0.25, 0.3) is 11.8 Å². The number of nitrogens with one attached hydrogen (secondary N) is 2. The summed E-state index contributed by atoms with van der Waals surface area (Å²) in [6.07, 6.45) is 3.34. The third-order valence-corrected chi connectivity index (χ3v) is 5.28. The molecule has 0 bridgehead atoms. The molecule has 0 aliphatic carbocycles. The lowest BCUT2D eigenvalue weighted by atomic mass is 10.2. The van der Waals surface area contributed by atoms with Crippen LogP contribution in [0.2, 0.25) is 5.02 Å². The van der Waals surface area contributed by atoms with Gasteiger partial charge in [-0.1, -0.05) is 23.7 Å². The van der Waals surface area contributed by atoms with Crippen LogP contribution < -0.4 is 15.5 Å². The Morgan fingerprint density at radius 2 is 1.88 bits per heavy atom. The Kier molecular flexibility index (Phi) is 6.89. The molecule has 4 aromatic rings. The van der Waals surface area contributed by atoms with Gasteiger partial charge in [0.1, 0.15) is 17.1 Å². The first kappa shape index (κ1) is 23.0. The van der Waals surface area contributed by atoms with Crippen LogP contribution in [0.5, 0.6) is 5.75 Å². The summed E-state index contributed by atoms with van der Waals surface area (Å²) in [6, 6.07) is 17.8. The molecule has 9 heteroatoms. The number of hydrogen-bond donors (Lipinski definition) is 2. The number of ether oxygens (including phenoxy) is 1. The van der Waals surface area contributed by atoms with Gasteiger partial charge in [-0.2, -0.15) is 5.10 Å². The second kappa shape index (κ2) is 10.2. The molecule has 0 saturated heterocycles. The topological polar surface area (TPSA) is 97.1 Å². The molecule has 2 amide bonds. The first-order valence-corrected chi connectivity index (χ1v) is 10.8. The number of imidazole rings is 1. The number of anilines is 1. The Labute approximate surface area is 201 Å². The largest absolute Gasteiger partial charge is 0.484 e. The highest BCUT2D eigenvalue weighted by Gasteiger charge is 2.16. The van der Waals surface area contributed by atoms with E-state index < -0.39 is 0 Å². The standard InChI is InChI=1S/C25H22ClN5O3/c1-16-11-12-31-22(13-16)28-17(2)24(31)25(33)30-27-14-18-7-9-19(10-8-18)34-15-23(32)29-21-6-4-3-5-20(21)26/h3-14H,15H2,1-2H3,(H,29,32)(H,30,33)/b27-14-. The highest BCUT2D eigenvalue weighted by atomic mass is 35.5. The Hall–Kier alpha value is -4.17. The van der Waals surface area contributed by atoms with Gasteiger partial charge >= 0.3 is 0 Å². The molecule has 0 aliphatic heterocycles. The van der Waals surface area contributed by atoms with Gasteiger partial charge in [-0.05, 0) is 73.5 Å². The average Bonchev–Trinajstić information content (AvgIpc) is 3.14. The Balaban J connectivity index is 1.31. The van der Waals surface area contributed by atoms with Crippen molar-refractivity contribution in [3.63, 3.8) is 0 Å². The maximum atomic E-state index is 12.6. The third-order valence-electron chi connectivity index (χ3n) is 4.95. The zero-order valence-corrected chi connectivity index (χ0v) is 19.3. The number of halogens is 1. The normalized spacial score (nSPS) is 11.0. The molecule has 172 valence electrons. The Morgan fingerprint density at radius 1 is 1.12 bits per heavy atom. The lowest BCUT2D eigenvalue weighted by Gasteiger charge is -2.08. The second-order valence-electron chi connectivity index (χ2n) is 7.56. The van der Waals surface area contributed by atoms with Gasteiger partial charge in [0.05, 0.1) is 22.6 Å². The molecule has 2 N–H and O–H groups in total. The van der Waals surface area contributed by atoms with Crippen molar-refractivity contribution in [3.8, 4) is 5.75 Å². The van der Waals surface area contributed by atoms with Crippen LogP contribution in [0.1, 0.15) is 27.3 Å². The summed E-state index contributed by atoms with van der Waals surface area (Å²) in [4.78, 5) is 29.1. The molecule has 4 rings (SSSR count). The van der Waals surface area contributed by atoms with Crippen LogP contribution in [-0.2, 0) is 4.79 Å². The molecule has 0 spiro atoms. The van der Waals surface area contributed by atoms with E-state index in [2.05, 4.69) is 20.8 Å². The fourth-order valence-corrected chi connectivity index (χ4v) is 3.49. The lowest BCUT2D eigenvalue weighted by molar-refractivity contribution is -0.118. The zero-order chi connectivity index (χ0) is 24.1. The summed E-state index contributed by atoms with van der Waals surface area (Å²) < 4.78 is 7.25. The van der Waals surface area contributed by atoms with Crippen LogP contribution >= 0.6 is 11.6 Å². The molecule has 8 nitrogen and oxygen atoms in total. The number of pyridine rings is 1. The van der Waals surface area contributed by atoms with E-state index in [-0.39, 0.29) is 18.4 Å².